The lowest BCUT2D eigenvalue weighted by molar-refractivity contribution is 0.312. The van der Waals surface area contributed by atoms with Crippen LogP contribution in [0.15, 0.2) is 9.59 Å². The van der Waals surface area contributed by atoms with Crippen LogP contribution in [0.4, 0.5) is 0 Å². The molecule has 0 bridgehead atoms. The molecule has 2 rings (SSSR count). The Labute approximate surface area is 125 Å². The number of alkyl halides is 1. The van der Waals surface area contributed by atoms with Gasteiger partial charge in [-0.25, -0.2) is 13.3 Å². The summed E-state index contributed by atoms with van der Waals surface area (Å²) in [5, 5.41) is 0.944. The van der Waals surface area contributed by atoms with Gasteiger partial charge >= 0.3 is 10.6 Å². The quantitative estimate of drug-likeness (QED) is 0.586. The van der Waals surface area contributed by atoms with Gasteiger partial charge in [0.05, 0.1) is 0 Å². The first-order valence-electron chi connectivity index (χ1n) is 7.09. The highest BCUT2D eigenvalue weighted by molar-refractivity contribution is 9.09. The Morgan fingerprint density at radius 2 is 1.89 bits per heavy atom. The maximum absolute atomic E-state index is 12.2. The first kappa shape index (κ1) is 15.0. The molecule has 0 saturated heterocycles. The van der Waals surface area contributed by atoms with Gasteiger partial charge in [0.1, 0.15) is 0 Å². The minimum absolute atomic E-state index is 0.0885. The maximum atomic E-state index is 12.2. The van der Waals surface area contributed by atoms with Gasteiger partial charge in [0.2, 0.25) is 0 Å². The van der Waals surface area contributed by atoms with Crippen molar-refractivity contribution in [2.24, 2.45) is 5.92 Å². The van der Waals surface area contributed by atoms with Crippen LogP contribution in [0, 0.1) is 5.92 Å². The summed E-state index contributed by atoms with van der Waals surface area (Å²) < 4.78 is 3.07. The zero-order chi connectivity index (χ0) is 13.7. The molecule has 19 heavy (non-hydrogen) atoms. The first-order chi connectivity index (χ1) is 9.22. The van der Waals surface area contributed by atoms with Crippen LogP contribution in [0.5, 0.6) is 0 Å². The van der Waals surface area contributed by atoms with Crippen LogP contribution in [0.25, 0.3) is 0 Å². The third-order valence-electron chi connectivity index (χ3n) is 3.76. The van der Waals surface area contributed by atoms with E-state index in [1.807, 2.05) is 0 Å². The summed E-state index contributed by atoms with van der Waals surface area (Å²) in [6.45, 7) is 1.29. The second-order valence-corrected chi connectivity index (χ2v) is 7.02. The predicted molar refractivity (Wildman–Crippen MR) is 82.4 cm³/mol. The molecule has 4 nitrogen and oxygen atoms in total. The van der Waals surface area contributed by atoms with E-state index in [9.17, 15) is 9.59 Å². The molecular weight excluding hydrogens is 328 g/mol. The summed E-state index contributed by atoms with van der Waals surface area (Å²) in [4.78, 5) is 24.0. The monoisotopic (exact) mass is 348 g/mol. The Morgan fingerprint density at radius 3 is 2.58 bits per heavy atom. The molecule has 0 spiro atoms. The van der Waals surface area contributed by atoms with Crippen molar-refractivity contribution in [3.05, 3.63) is 20.2 Å². The third-order valence-corrected chi connectivity index (χ3v) is 5.26. The molecule has 0 unspecified atom stereocenters. The zero-order valence-electron chi connectivity index (χ0n) is 11.1. The van der Waals surface area contributed by atoms with Crippen LogP contribution >= 0.6 is 27.5 Å². The van der Waals surface area contributed by atoms with E-state index < -0.39 is 0 Å². The average Bonchev–Trinajstić information content (AvgIpc) is 2.68. The summed E-state index contributed by atoms with van der Waals surface area (Å²) in [7, 11) is 0. The first-order valence-corrected chi connectivity index (χ1v) is 8.99. The van der Waals surface area contributed by atoms with E-state index in [1.165, 1.54) is 23.8 Å². The lowest BCUT2D eigenvalue weighted by atomic mass is 9.89. The van der Waals surface area contributed by atoms with Crippen LogP contribution in [0.3, 0.4) is 0 Å². The molecule has 1 aromatic heterocycles. The second kappa shape index (κ2) is 7.43. The van der Waals surface area contributed by atoms with Crippen molar-refractivity contribution >= 4 is 27.5 Å². The standard InChI is InChI=1S/C13H21BrN2O2S/c14-8-4-5-9-16-12(17)15(13(18)19-16)10-11-6-2-1-3-7-11/h11H,1-10H2. The Balaban J connectivity index is 2.03. The Bertz CT molecular complexity index is 499. The van der Waals surface area contributed by atoms with Gasteiger partial charge in [-0.2, -0.15) is 0 Å². The number of rotatable bonds is 6. The van der Waals surface area contributed by atoms with Crippen LogP contribution in [0.2, 0.25) is 0 Å². The van der Waals surface area contributed by atoms with Gasteiger partial charge in [0.15, 0.2) is 0 Å². The van der Waals surface area contributed by atoms with E-state index in [4.69, 9.17) is 0 Å². The molecule has 0 atom stereocenters. The Morgan fingerprint density at radius 1 is 1.16 bits per heavy atom. The second-order valence-electron chi connectivity index (χ2n) is 5.25. The third kappa shape index (κ3) is 4.05. The van der Waals surface area contributed by atoms with Crippen molar-refractivity contribution in [3.63, 3.8) is 0 Å². The Kier molecular flexibility index (Phi) is 5.88. The molecule has 0 amide bonds. The van der Waals surface area contributed by atoms with Gasteiger partial charge in [-0.15, -0.1) is 0 Å². The number of nitrogens with zero attached hydrogens (tertiary/aromatic N) is 2. The van der Waals surface area contributed by atoms with Crippen molar-refractivity contribution in [2.75, 3.05) is 5.33 Å². The highest BCUT2D eigenvalue weighted by atomic mass is 79.9. The molecule has 1 heterocycles. The zero-order valence-corrected chi connectivity index (χ0v) is 13.5. The maximum Gasteiger partial charge on any atom is 0.341 e. The van der Waals surface area contributed by atoms with Crippen LogP contribution in [0.1, 0.15) is 44.9 Å². The number of hydrogen-bond acceptors (Lipinski definition) is 3. The molecule has 1 saturated carbocycles. The molecule has 1 aliphatic carbocycles. The van der Waals surface area contributed by atoms with Crippen molar-refractivity contribution in [1.29, 1.82) is 0 Å². The number of aromatic nitrogens is 2. The number of aryl methyl sites for hydroxylation is 1. The molecular formula is C13H21BrN2O2S. The normalized spacial score (nSPS) is 16.9. The van der Waals surface area contributed by atoms with Crippen molar-refractivity contribution < 1.29 is 0 Å². The van der Waals surface area contributed by atoms with E-state index in [1.54, 1.807) is 3.96 Å². The van der Waals surface area contributed by atoms with Crippen LogP contribution < -0.4 is 10.6 Å². The van der Waals surface area contributed by atoms with Crippen molar-refractivity contribution in [3.8, 4) is 0 Å². The van der Waals surface area contributed by atoms with Gasteiger partial charge in [0.25, 0.3) is 0 Å². The number of hydrogen-bond donors (Lipinski definition) is 0. The summed E-state index contributed by atoms with van der Waals surface area (Å²) in [5.41, 5.74) is -0.102. The van der Waals surface area contributed by atoms with E-state index in [2.05, 4.69) is 15.9 Å². The van der Waals surface area contributed by atoms with Gasteiger partial charge in [-0.05, 0) is 31.6 Å². The molecule has 1 fully saturated rings. The molecule has 1 aliphatic rings. The highest BCUT2D eigenvalue weighted by Gasteiger charge is 2.18. The topological polar surface area (TPSA) is 44.0 Å². The SMILES string of the molecule is O=c1sn(CCCCBr)c(=O)n1CC1CCCCC1. The fourth-order valence-corrected chi connectivity index (χ4v) is 3.90. The van der Waals surface area contributed by atoms with Crippen molar-refractivity contribution in [2.45, 2.75) is 58.0 Å². The van der Waals surface area contributed by atoms with Crippen molar-refractivity contribution in [1.82, 2.24) is 8.52 Å². The smallest absolute Gasteiger partial charge is 0.255 e. The van der Waals surface area contributed by atoms with Gasteiger partial charge < -0.3 is 0 Å². The largest absolute Gasteiger partial charge is 0.341 e. The molecule has 0 radical (unpaired) electrons. The minimum atomic E-state index is -0.102. The highest BCUT2D eigenvalue weighted by Crippen LogP contribution is 2.24. The van der Waals surface area contributed by atoms with Crippen LogP contribution in [-0.2, 0) is 13.1 Å². The van der Waals surface area contributed by atoms with E-state index in [0.717, 1.165) is 42.5 Å². The Hall–Kier alpha value is -0.360. The minimum Gasteiger partial charge on any atom is -0.255 e. The number of halogens is 1. The summed E-state index contributed by atoms with van der Waals surface area (Å²) in [6.07, 6.45) is 8.06. The van der Waals surface area contributed by atoms with Gasteiger partial charge in [-0.3, -0.25) is 4.79 Å². The van der Waals surface area contributed by atoms with E-state index >= 15 is 0 Å². The summed E-state index contributed by atoms with van der Waals surface area (Å²) in [5.74, 6) is 0.518. The number of unbranched alkanes of at least 4 members (excludes halogenated alkanes) is 1. The van der Waals surface area contributed by atoms with Crippen LogP contribution in [-0.4, -0.2) is 13.9 Å². The molecule has 0 aliphatic heterocycles. The summed E-state index contributed by atoms with van der Waals surface area (Å²) >= 11 is 4.45. The lowest BCUT2D eigenvalue weighted by Crippen LogP contribution is -2.32. The average molecular weight is 349 g/mol. The fraction of sp³-hybridized carbons (Fsp3) is 0.846. The summed E-state index contributed by atoms with van der Waals surface area (Å²) in [6, 6.07) is 0. The lowest BCUT2D eigenvalue weighted by Gasteiger charge is -2.20. The van der Waals surface area contributed by atoms with Gasteiger partial charge in [0, 0.05) is 30.0 Å². The molecule has 0 aromatic carbocycles. The van der Waals surface area contributed by atoms with Gasteiger partial charge in [-0.1, -0.05) is 35.2 Å². The predicted octanol–water partition coefficient (Wildman–Crippen LogP) is 2.83. The molecule has 1 aromatic rings. The van der Waals surface area contributed by atoms with E-state index in [-0.39, 0.29) is 10.6 Å². The molecule has 0 N–H and O–H groups in total. The van der Waals surface area contributed by atoms with E-state index in [0.29, 0.717) is 19.0 Å². The molecule has 6 heteroatoms. The fourth-order valence-electron chi connectivity index (χ4n) is 2.67. The molecule has 108 valence electrons.